The normalized spacial score (nSPS) is 11.1. The molecule has 0 fully saturated rings. The summed E-state index contributed by atoms with van der Waals surface area (Å²) in [6.07, 6.45) is 0.775. The van der Waals surface area contributed by atoms with Crippen molar-refractivity contribution in [2.75, 3.05) is 6.61 Å². The molecule has 0 saturated heterocycles. The number of hydrogen-bond donors (Lipinski definition) is 2. The van der Waals surface area contributed by atoms with Crippen LogP contribution >= 0.6 is 0 Å². The van der Waals surface area contributed by atoms with E-state index in [1.807, 2.05) is 25.1 Å². The summed E-state index contributed by atoms with van der Waals surface area (Å²) in [6.45, 7) is 4.92. The first-order valence-electron chi connectivity index (χ1n) is 8.89. The fourth-order valence-electron chi connectivity index (χ4n) is 2.38. The molecule has 2 amide bonds. The van der Waals surface area contributed by atoms with Gasteiger partial charge in [0.25, 0.3) is 11.8 Å². The lowest BCUT2D eigenvalue weighted by molar-refractivity contribution is -0.123. The van der Waals surface area contributed by atoms with Crippen LogP contribution in [0.4, 0.5) is 0 Å². The molecule has 2 N–H and O–H groups in total. The number of amides is 2. The van der Waals surface area contributed by atoms with Gasteiger partial charge in [0.2, 0.25) is 0 Å². The Labute approximate surface area is 165 Å². The third-order valence-corrected chi connectivity index (χ3v) is 6.26. The van der Waals surface area contributed by atoms with Gasteiger partial charge in [-0.05, 0) is 56.2 Å². The zero-order valence-corrected chi connectivity index (χ0v) is 16.9. The highest BCUT2D eigenvalue weighted by Gasteiger charge is 2.19. The van der Waals surface area contributed by atoms with Gasteiger partial charge in [-0.1, -0.05) is 25.1 Å². The Hall–Kier alpha value is -2.87. The molecule has 0 unspecified atom stereocenters. The van der Waals surface area contributed by atoms with E-state index in [2.05, 4.69) is 10.9 Å². The van der Waals surface area contributed by atoms with E-state index in [0.29, 0.717) is 5.75 Å². The number of aryl methyl sites for hydroxylation is 1. The third kappa shape index (κ3) is 5.32. The number of hydrazine groups is 1. The monoisotopic (exact) mass is 404 g/mol. The molecule has 0 bridgehead atoms. The minimum absolute atomic E-state index is 0.145. The highest BCUT2D eigenvalue weighted by atomic mass is 32.2. The standard InChI is InChI=1S/C20H24N2O5S/c1-4-15-7-5-6-8-18(15)27-13-19(23)21-22-20(24)16-9-11-17(12-10-16)28(25,26)14(2)3/h5-12,14H,4,13H2,1-3H3,(H,21,23)(H,22,24). The van der Waals surface area contributed by atoms with Crippen LogP contribution in [0.15, 0.2) is 53.4 Å². The van der Waals surface area contributed by atoms with E-state index in [-0.39, 0.29) is 17.1 Å². The van der Waals surface area contributed by atoms with Crippen molar-refractivity contribution in [3.05, 3.63) is 59.7 Å². The summed E-state index contributed by atoms with van der Waals surface area (Å²) in [5.74, 6) is -0.456. The van der Waals surface area contributed by atoms with Crippen molar-refractivity contribution in [2.45, 2.75) is 37.3 Å². The summed E-state index contributed by atoms with van der Waals surface area (Å²) in [5, 5.41) is -0.552. The molecule has 8 heteroatoms. The summed E-state index contributed by atoms with van der Waals surface area (Å²) in [4.78, 5) is 24.1. The van der Waals surface area contributed by atoms with Crippen LogP contribution in [-0.4, -0.2) is 32.1 Å². The summed E-state index contributed by atoms with van der Waals surface area (Å²) in [7, 11) is -3.40. The van der Waals surface area contributed by atoms with E-state index in [1.54, 1.807) is 19.9 Å². The second kappa shape index (κ2) is 9.36. The Bertz CT molecular complexity index is 937. The van der Waals surface area contributed by atoms with E-state index >= 15 is 0 Å². The van der Waals surface area contributed by atoms with Gasteiger partial charge in [0.15, 0.2) is 16.4 Å². The predicted octanol–water partition coefficient (Wildman–Crippen LogP) is 2.27. The van der Waals surface area contributed by atoms with E-state index in [9.17, 15) is 18.0 Å². The Morgan fingerprint density at radius 1 is 1.00 bits per heavy atom. The predicted molar refractivity (Wildman–Crippen MR) is 106 cm³/mol. The number of carbonyl (C=O) groups excluding carboxylic acids is 2. The zero-order chi connectivity index (χ0) is 20.7. The van der Waals surface area contributed by atoms with Gasteiger partial charge in [-0.3, -0.25) is 20.4 Å². The molecule has 0 aliphatic heterocycles. The molecule has 0 aliphatic carbocycles. The molecule has 0 atom stereocenters. The van der Waals surface area contributed by atoms with Gasteiger partial charge in [-0.2, -0.15) is 0 Å². The van der Waals surface area contributed by atoms with Gasteiger partial charge in [0.05, 0.1) is 10.1 Å². The molecule has 28 heavy (non-hydrogen) atoms. The average molecular weight is 404 g/mol. The van der Waals surface area contributed by atoms with Gasteiger partial charge in [-0.25, -0.2) is 8.42 Å². The number of nitrogens with one attached hydrogen (secondary N) is 2. The number of sulfone groups is 1. The Balaban J connectivity index is 1.88. The van der Waals surface area contributed by atoms with E-state index in [1.165, 1.54) is 24.3 Å². The van der Waals surface area contributed by atoms with Crippen molar-refractivity contribution in [3.8, 4) is 5.75 Å². The van der Waals surface area contributed by atoms with Gasteiger partial charge >= 0.3 is 0 Å². The van der Waals surface area contributed by atoms with E-state index in [0.717, 1.165) is 12.0 Å². The van der Waals surface area contributed by atoms with Crippen LogP contribution < -0.4 is 15.6 Å². The molecule has 0 aromatic heterocycles. The van der Waals surface area contributed by atoms with Gasteiger partial charge in [0.1, 0.15) is 5.75 Å². The van der Waals surface area contributed by atoms with Gasteiger partial charge in [-0.15, -0.1) is 0 Å². The fraction of sp³-hybridized carbons (Fsp3) is 0.300. The van der Waals surface area contributed by atoms with Crippen molar-refractivity contribution in [2.24, 2.45) is 0 Å². The number of ether oxygens (including phenoxy) is 1. The Morgan fingerprint density at radius 3 is 2.25 bits per heavy atom. The van der Waals surface area contributed by atoms with Crippen LogP contribution in [0.2, 0.25) is 0 Å². The smallest absolute Gasteiger partial charge is 0.276 e. The second-order valence-corrected chi connectivity index (χ2v) is 8.87. The average Bonchev–Trinajstić information content (AvgIpc) is 2.70. The zero-order valence-electron chi connectivity index (χ0n) is 16.1. The van der Waals surface area contributed by atoms with Crippen molar-refractivity contribution in [3.63, 3.8) is 0 Å². The van der Waals surface area contributed by atoms with E-state index < -0.39 is 26.9 Å². The van der Waals surface area contributed by atoms with Gasteiger partial charge < -0.3 is 4.74 Å². The number of benzene rings is 2. The van der Waals surface area contributed by atoms with Crippen LogP contribution in [0.3, 0.4) is 0 Å². The molecule has 7 nitrogen and oxygen atoms in total. The number of carbonyl (C=O) groups is 2. The maximum atomic E-state index is 12.1. The molecular weight excluding hydrogens is 380 g/mol. The number of para-hydroxylation sites is 1. The second-order valence-electron chi connectivity index (χ2n) is 6.37. The molecule has 0 aliphatic rings. The minimum atomic E-state index is -3.40. The summed E-state index contributed by atoms with van der Waals surface area (Å²) >= 11 is 0. The van der Waals surface area contributed by atoms with Gasteiger partial charge in [0, 0.05) is 5.56 Å². The van der Waals surface area contributed by atoms with Crippen LogP contribution in [0, 0.1) is 0 Å². The van der Waals surface area contributed by atoms with Crippen molar-refractivity contribution < 1.29 is 22.7 Å². The lowest BCUT2D eigenvalue weighted by Gasteiger charge is -2.11. The number of rotatable bonds is 7. The van der Waals surface area contributed by atoms with Crippen molar-refractivity contribution in [1.29, 1.82) is 0 Å². The maximum Gasteiger partial charge on any atom is 0.276 e. The van der Waals surface area contributed by atoms with Crippen molar-refractivity contribution >= 4 is 21.7 Å². The fourth-order valence-corrected chi connectivity index (χ4v) is 3.44. The third-order valence-electron chi connectivity index (χ3n) is 4.09. The summed E-state index contributed by atoms with van der Waals surface area (Å²) in [5.41, 5.74) is 5.75. The maximum absolute atomic E-state index is 12.1. The van der Waals surface area contributed by atoms with Crippen molar-refractivity contribution in [1.82, 2.24) is 10.9 Å². The van der Waals surface area contributed by atoms with Crippen LogP contribution in [-0.2, 0) is 21.1 Å². The summed E-state index contributed by atoms with van der Waals surface area (Å²) in [6, 6.07) is 12.9. The first-order chi connectivity index (χ1) is 13.3. The van der Waals surface area contributed by atoms with Crippen LogP contribution in [0.25, 0.3) is 0 Å². The highest BCUT2D eigenvalue weighted by Crippen LogP contribution is 2.18. The minimum Gasteiger partial charge on any atom is -0.483 e. The molecule has 2 aromatic rings. The lowest BCUT2D eigenvalue weighted by atomic mass is 10.1. The molecule has 150 valence electrons. The molecular formula is C20H24N2O5S. The molecule has 0 heterocycles. The molecule has 2 rings (SSSR count). The Morgan fingerprint density at radius 2 is 1.64 bits per heavy atom. The van der Waals surface area contributed by atoms with Crippen LogP contribution in [0.5, 0.6) is 5.75 Å². The molecule has 0 saturated carbocycles. The Kier molecular flexibility index (Phi) is 7.17. The first-order valence-corrected chi connectivity index (χ1v) is 10.4. The molecule has 0 spiro atoms. The first kappa shape index (κ1) is 21.4. The van der Waals surface area contributed by atoms with Crippen LogP contribution in [0.1, 0.15) is 36.7 Å². The summed E-state index contributed by atoms with van der Waals surface area (Å²) < 4.78 is 29.7. The van der Waals surface area contributed by atoms with E-state index in [4.69, 9.17) is 4.74 Å². The lowest BCUT2D eigenvalue weighted by Crippen LogP contribution is -2.43. The molecule has 0 radical (unpaired) electrons. The highest BCUT2D eigenvalue weighted by molar-refractivity contribution is 7.92. The quantitative estimate of drug-likeness (QED) is 0.690. The SMILES string of the molecule is CCc1ccccc1OCC(=O)NNC(=O)c1ccc(S(=O)(=O)C(C)C)cc1. The largest absolute Gasteiger partial charge is 0.483 e. The number of hydrogen-bond acceptors (Lipinski definition) is 5. The topological polar surface area (TPSA) is 102 Å². The molecule has 2 aromatic carbocycles.